The van der Waals surface area contributed by atoms with Crippen molar-refractivity contribution in [2.24, 2.45) is 0 Å². The van der Waals surface area contributed by atoms with Gasteiger partial charge in [-0.3, -0.25) is 0 Å². The van der Waals surface area contributed by atoms with E-state index in [-0.39, 0.29) is 5.92 Å². The van der Waals surface area contributed by atoms with E-state index in [4.69, 9.17) is 67.3 Å². The first-order chi connectivity index (χ1) is 16.2. The molecule has 0 atom stereocenters. The molecule has 0 spiro atoms. The van der Waals surface area contributed by atoms with E-state index in [9.17, 15) is 0 Å². The van der Waals surface area contributed by atoms with Gasteiger partial charge in [0.25, 0.3) is 0 Å². The van der Waals surface area contributed by atoms with Gasteiger partial charge in [-0.25, -0.2) is 0 Å². The summed E-state index contributed by atoms with van der Waals surface area (Å²) < 4.78 is 11.7. The van der Waals surface area contributed by atoms with Crippen LogP contribution in [0.25, 0.3) is 0 Å². The van der Waals surface area contributed by atoms with Gasteiger partial charge in [-0.15, -0.1) is 0 Å². The molecule has 0 aromatic heterocycles. The minimum atomic E-state index is -0.110. The highest BCUT2D eigenvalue weighted by atomic mass is 35.5. The topological polar surface area (TPSA) is 70.5 Å². The molecule has 4 aromatic rings. The lowest BCUT2D eigenvalue weighted by atomic mass is 9.93. The van der Waals surface area contributed by atoms with E-state index < -0.39 is 0 Å². The molecule has 0 unspecified atom stereocenters. The van der Waals surface area contributed by atoms with Gasteiger partial charge in [-0.2, -0.15) is 0 Å². The van der Waals surface area contributed by atoms with Crippen LogP contribution in [0, 0.1) is 0 Å². The van der Waals surface area contributed by atoms with E-state index in [1.807, 2.05) is 31.2 Å². The third-order valence-corrected chi connectivity index (χ3v) is 6.36. The molecule has 174 valence electrons. The maximum Gasteiger partial charge on any atom is 0.164 e. The van der Waals surface area contributed by atoms with Gasteiger partial charge in [0, 0.05) is 17.3 Å². The standard InChI is InChI=1S/C26H20Cl4N2O2/c1-14(15-10-21(27)25(22(28)11-15)33-19-6-2-17(31)3-7-19)16-12-23(29)26(24(30)13-16)34-20-8-4-18(32)5-9-20/h2-14H,31-32H2,1H3. The average molecular weight is 534 g/mol. The van der Waals surface area contributed by atoms with E-state index in [2.05, 4.69) is 0 Å². The monoisotopic (exact) mass is 532 g/mol. The molecular weight excluding hydrogens is 514 g/mol. The minimum Gasteiger partial charge on any atom is -0.454 e. The first kappa shape index (κ1) is 24.4. The molecule has 4 N–H and O–H groups in total. The molecule has 0 heterocycles. The fourth-order valence-electron chi connectivity index (χ4n) is 3.35. The number of anilines is 2. The highest BCUT2D eigenvalue weighted by Gasteiger charge is 2.19. The van der Waals surface area contributed by atoms with Crippen LogP contribution < -0.4 is 20.9 Å². The Kier molecular flexibility index (Phi) is 7.34. The van der Waals surface area contributed by atoms with Crippen LogP contribution in [0.5, 0.6) is 23.0 Å². The lowest BCUT2D eigenvalue weighted by molar-refractivity contribution is 0.483. The average Bonchev–Trinajstić information content (AvgIpc) is 2.80. The Morgan fingerprint density at radius 2 is 0.853 bits per heavy atom. The van der Waals surface area contributed by atoms with Crippen molar-refractivity contribution in [3.05, 3.63) is 104 Å². The van der Waals surface area contributed by atoms with E-state index in [0.29, 0.717) is 54.5 Å². The molecule has 34 heavy (non-hydrogen) atoms. The second-order valence-electron chi connectivity index (χ2n) is 7.69. The van der Waals surface area contributed by atoms with Crippen LogP contribution >= 0.6 is 46.4 Å². The third-order valence-electron chi connectivity index (χ3n) is 5.24. The van der Waals surface area contributed by atoms with Crippen LogP contribution in [-0.4, -0.2) is 0 Å². The largest absolute Gasteiger partial charge is 0.454 e. The lowest BCUT2D eigenvalue weighted by Crippen LogP contribution is -1.99. The van der Waals surface area contributed by atoms with Gasteiger partial charge in [0.05, 0.1) is 20.1 Å². The van der Waals surface area contributed by atoms with Gasteiger partial charge >= 0.3 is 0 Å². The Bertz CT molecular complexity index is 1180. The Labute approximate surface area is 217 Å². The predicted molar refractivity (Wildman–Crippen MR) is 142 cm³/mol. The molecule has 0 aliphatic carbocycles. The predicted octanol–water partition coefficient (Wildman–Crippen LogP) is 9.20. The summed E-state index contributed by atoms with van der Waals surface area (Å²) in [6.45, 7) is 2.00. The van der Waals surface area contributed by atoms with Gasteiger partial charge < -0.3 is 20.9 Å². The Morgan fingerprint density at radius 1 is 0.559 bits per heavy atom. The summed E-state index contributed by atoms with van der Waals surface area (Å²) in [5.74, 6) is 1.78. The normalized spacial score (nSPS) is 11.0. The van der Waals surface area contributed by atoms with Crippen molar-refractivity contribution >= 4 is 57.8 Å². The summed E-state index contributed by atoms with van der Waals surface area (Å²) >= 11 is 26.1. The molecule has 4 aromatic carbocycles. The number of rotatable bonds is 6. The van der Waals surface area contributed by atoms with Crippen LogP contribution in [0.15, 0.2) is 72.8 Å². The molecular formula is C26H20Cl4N2O2. The summed E-state index contributed by atoms with van der Waals surface area (Å²) in [5.41, 5.74) is 14.5. The lowest BCUT2D eigenvalue weighted by Gasteiger charge is -2.18. The zero-order valence-corrected chi connectivity index (χ0v) is 21.0. The van der Waals surface area contributed by atoms with E-state index in [1.54, 1.807) is 48.5 Å². The number of nitrogens with two attached hydrogens (primary N) is 2. The zero-order valence-electron chi connectivity index (χ0n) is 18.0. The number of hydrogen-bond donors (Lipinski definition) is 2. The van der Waals surface area contributed by atoms with E-state index in [0.717, 1.165) is 11.1 Å². The van der Waals surface area contributed by atoms with Gasteiger partial charge in [-0.05, 0) is 83.9 Å². The molecule has 0 fully saturated rings. The molecule has 0 aliphatic heterocycles. The Hall–Kier alpha value is -2.76. The Morgan fingerprint density at radius 3 is 1.15 bits per heavy atom. The summed E-state index contributed by atoms with van der Waals surface area (Å²) in [6, 6.07) is 21.2. The second kappa shape index (κ2) is 10.2. The number of hydrogen-bond acceptors (Lipinski definition) is 4. The molecule has 0 radical (unpaired) electrons. The van der Waals surface area contributed by atoms with Gasteiger partial charge in [0.15, 0.2) is 11.5 Å². The molecule has 0 saturated carbocycles. The van der Waals surface area contributed by atoms with Gasteiger partial charge in [0.2, 0.25) is 0 Å². The molecule has 4 rings (SSSR count). The van der Waals surface area contributed by atoms with E-state index >= 15 is 0 Å². The quantitative estimate of drug-likeness (QED) is 0.242. The van der Waals surface area contributed by atoms with Crippen molar-refractivity contribution in [3.63, 3.8) is 0 Å². The van der Waals surface area contributed by atoms with Crippen molar-refractivity contribution in [1.82, 2.24) is 0 Å². The maximum absolute atomic E-state index is 6.52. The van der Waals surface area contributed by atoms with Crippen molar-refractivity contribution < 1.29 is 9.47 Å². The van der Waals surface area contributed by atoms with Crippen molar-refractivity contribution in [2.75, 3.05) is 11.5 Å². The number of nitrogen functional groups attached to an aromatic ring is 2. The Balaban J connectivity index is 1.59. The van der Waals surface area contributed by atoms with Crippen molar-refractivity contribution in [3.8, 4) is 23.0 Å². The fourth-order valence-corrected chi connectivity index (χ4v) is 4.52. The number of benzene rings is 4. The highest BCUT2D eigenvalue weighted by Crippen LogP contribution is 2.43. The number of ether oxygens (including phenoxy) is 2. The summed E-state index contributed by atoms with van der Waals surface area (Å²) in [4.78, 5) is 0. The summed E-state index contributed by atoms with van der Waals surface area (Å²) in [7, 11) is 0. The number of halogens is 4. The molecule has 0 saturated heterocycles. The van der Waals surface area contributed by atoms with E-state index in [1.165, 1.54) is 0 Å². The first-order valence-electron chi connectivity index (χ1n) is 10.3. The molecule has 0 aliphatic rings. The summed E-state index contributed by atoms with van der Waals surface area (Å²) in [6.07, 6.45) is 0. The minimum absolute atomic E-state index is 0.110. The molecule has 0 bridgehead atoms. The van der Waals surface area contributed by atoms with Crippen LogP contribution in [0.4, 0.5) is 11.4 Å². The van der Waals surface area contributed by atoms with Crippen molar-refractivity contribution in [1.29, 1.82) is 0 Å². The van der Waals surface area contributed by atoms with Crippen LogP contribution in [0.2, 0.25) is 20.1 Å². The van der Waals surface area contributed by atoms with Gasteiger partial charge in [-0.1, -0.05) is 53.3 Å². The summed E-state index contributed by atoms with van der Waals surface area (Å²) in [5, 5.41) is 1.52. The van der Waals surface area contributed by atoms with Crippen molar-refractivity contribution in [2.45, 2.75) is 12.8 Å². The van der Waals surface area contributed by atoms with Gasteiger partial charge in [0.1, 0.15) is 11.5 Å². The van der Waals surface area contributed by atoms with Crippen LogP contribution in [-0.2, 0) is 0 Å². The second-order valence-corrected chi connectivity index (χ2v) is 9.32. The third kappa shape index (κ3) is 5.48. The smallest absolute Gasteiger partial charge is 0.164 e. The molecule has 8 heteroatoms. The maximum atomic E-state index is 6.52. The zero-order chi connectivity index (χ0) is 24.4. The van der Waals surface area contributed by atoms with Crippen LogP contribution in [0.3, 0.4) is 0 Å². The first-order valence-corrected chi connectivity index (χ1v) is 11.8. The highest BCUT2D eigenvalue weighted by molar-refractivity contribution is 6.38. The fraction of sp³-hybridized carbons (Fsp3) is 0.0769. The van der Waals surface area contributed by atoms with Crippen LogP contribution in [0.1, 0.15) is 24.0 Å². The molecule has 0 amide bonds. The SMILES string of the molecule is CC(c1cc(Cl)c(Oc2ccc(N)cc2)c(Cl)c1)c1cc(Cl)c(Oc2ccc(N)cc2)c(Cl)c1. The molecule has 4 nitrogen and oxygen atoms in total.